The van der Waals surface area contributed by atoms with Crippen LogP contribution < -0.4 is 5.32 Å². The van der Waals surface area contributed by atoms with Crippen LogP contribution in [0.1, 0.15) is 25.1 Å². The quantitative estimate of drug-likeness (QED) is 0.856. The van der Waals surface area contributed by atoms with Crippen LogP contribution in [0.5, 0.6) is 0 Å². The van der Waals surface area contributed by atoms with E-state index in [1.807, 2.05) is 12.4 Å². The molecule has 2 rings (SSSR count). The Hall–Kier alpha value is -1.36. The van der Waals surface area contributed by atoms with E-state index >= 15 is 0 Å². The van der Waals surface area contributed by atoms with Gasteiger partial charge in [-0.05, 0) is 25.3 Å². The molecule has 0 aromatic carbocycles. The first-order valence-electron chi connectivity index (χ1n) is 7.08. The van der Waals surface area contributed by atoms with E-state index in [0.717, 1.165) is 31.9 Å². The number of hydrogen-bond donors (Lipinski definition) is 1. The maximum atomic E-state index is 11.3. The van der Waals surface area contributed by atoms with Crippen LogP contribution in [0.3, 0.4) is 0 Å². The lowest BCUT2D eigenvalue weighted by molar-refractivity contribution is -0.121. The van der Waals surface area contributed by atoms with Crippen molar-refractivity contribution in [1.29, 1.82) is 0 Å². The van der Waals surface area contributed by atoms with Crippen LogP contribution in [0.2, 0.25) is 0 Å². The molecule has 5 heteroatoms. The van der Waals surface area contributed by atoms with Gasteiger partial charge >= 0.3 is 0 Å². The van der Waals surface area contributed by atoms with Crippen LogP contribution in [-0.4, -0.2) is 47.0 Å². The highest BCUT2D eigenvalue weighted by Crippen LogP contribution is 2.20. The zero-order valence-corrected chi connectivity index (χ0v) is 11.9. The molecule has 0 radical (unpaired) electrons. The molecule has 19 heavy (non-hydrogen) atoms. The summed E-state index contributed by atoms with van der Waals surface area (Å²) < 4.78 is 2.10. The van der Waals surface area contributed by atoms with Crippen molar-refractivity contribution in [3.63, 3.8) is 0 Å². The Morgan fingerprint density at radius 1 is 1.58 bits per heavy atom. The molecule has 0 spiro atoms. The maximum Gasteiger partial charge on any atom is 0.221 e. The Morgan fingerprint density at radius 2 is 2.42 bits per heavy atom. The van der Waals surface area contributed by atoms with Gasteiger partial charge in [0, 0.05) is 52.4 Å². The third-order valence-electron chi connectivity index (χ3n) is 3.93. The molecule has 1 aromatic rings. The topological polar surface area (TPSA) is 50.2 Å². The van der Waals surface area contributed by atoms with Gasteiger partial charge in [-0.3, -0.25) is 4.79 Å². The summed E-state index contributed by atoms with van der Waals surface area (Å²) in [5, 5.41) is 2.68. The van der Waals surface area contributed by atoms with Gasteiger partial charge in [-0.1, -0.05) is 0 Å². The Labute approximate surface area is 115 Å². The first-order valence-corrected chi connectivity index (χ1v) is 7.08. The molecular weight excluding hydrogens is 240 g/mol. The molecule has 1 aliphatic heterocycles. The number of aryl methyl sites for hydroxylation is 1. The fourth-order valence-electron chi connectivity index (χ4n) is 2.76. The number of piperidine rings is 1. The Morgan fingerprint density at radius 3 is 3.11 bits per heavy atom. The average Bonchev–Trinajstić information content (AvgIpc) is 2.82. The normalized spacial score (nSPS) is 20.4. The molecule has 1 aliphatic rings. The number of nitrogens with one attached hydrogen (secondary N) is 1. The number of rotatable bonds is 5. The fraction of sp³-hybridized carbons (Fsp3) is 0.714. The van der Waals surface area contributed by atoms with E-state index in [-0.39, 0.29) is 5.91 Å². The predicted octanol–water partition coefficient (Wildman–Crippen LogP) is 0.811. The van der Waals surface area contributed by atoms with E-state index in [1.54, 1.807) is 7.05 Å². The second-order valence-corrected chi connectivity index (χ2v) is 5.39. The highest BCUT2D eigenvalue weighted by molar-refractivity contribution is 5.75. The van der Waals surface area contributed by atoms with Gasteiger partial charge in [0.15, 0.2) is 0 Å². The molecule has 0 aliphatic carbocycles. The third-order valence-corrected chi connectivity index (χ3v) is 3.93. The van der Waals surface area contributed by atoms with Crippen molar-refractivity contribution < 1.29 is 4.79 Å². The first kappa shape index (κ1) is 14.1. The minimum Gasteiger partial charge on any atom is -0.359 e. The summed E-state index contributed by atoms with van der Waals surface area (Å²) in [6, 6.07) is 0. The van der Waals surface area contributed by atoms with Crippen molar-refractivity contribution in [2.75, 3.05) is 26.7 Å². The van der Waals surface area contributed by atoms with Gasteiger partial charge in [0.05, 0.1) is 0 Å². The first-order chi connectivity index (χ1) is 9.19. The molecule has 1 atom stereocenters. The van der Waals surface area contributed by atoms with E-state index in [0.29, 0.717) is 12.3 Å². The smallest absolute Gasteiger partial charge is 0.221 e. The second kappa shape index (κ2) is 6.70. The molecule has 1 amide bonds. The molecule has 1 aromatic heterocycles. The van der Waals surface area contributed by atoms with Crippen molar-refractivity contribution in [2.45, 2.75) is 25.7 Å². The number of likely N-dealkylation sites (tertiary alicyclic amines) is 1. The van der Waals surface area contributed by atoms with Gasteiger partial charge in [-0.2, -0.15) is 0 Å². The Balaban J connectivity index is 1.80. The van der Waals surface area contributed by atoms with Crippen molar-refractivity contribution in [3.8, 4) is 0 Å². The van der Waals surface area contributed by atoms with E-state index in [2.05, 4.69) is 26.8 Å². The highest BCUT2D eigenvalue weighted by atomic mass is 16.1. The molecule has 2 heterocycles. The van der Waals surface area contributed by atoms with Crippen LogP contribution in [0.15, 0.2) is 12.4 Å². The molecule has 1 unspecified atom stereocenters. The fourth-order valence-corrected chi connectivity index (χ4v) is 2.76. The predicted molar refractivity (Wildman–Crippen MR) is 74.8 cm³/mol. The van der Waals surface area contributed by atoms with E-state index in [1.165, 1.54) is 12.8 Å². The summed E-state index contributed by atoms with van der Waals surface area (Å²) in [6.45, 7) is 3.08. The van der Waals surface area contributed by atoms with Crippen LogP contribution in [0.25, 0.3) is 0 Å². The minimum atomic E-state index is 0.131. The lowest BCUT2D eigenvalue weighted by atomic mass is 9.94. The van der Waals surface area contributed by atoms with Crippen LogP contribution >= 0.6 is 0 Å². The minimum absolute atomic E-state index is 0.131. The number of carbonyl (C=O) groups is 1. The number of imidazole rings is 1. The second-order valence-electron chi connectivity index (χ2n) is 5.39. The highest BCUT2D eigenvalue weighted by Gasteiger charge is 2.21. The number of carbonyl (C=O) groups excluding carboxylic acids is 1. The summed E-state index contributed by atoms with van der Waals surface area (Å²) in [5.41, 5.74) is 0. The van der Waals surface area contributed by atoms with E-state index < -0.39 is 0 Å². The standard InChI is InChI=1S/C14H24N4O/c1-15-14(19)5-8-18-7-3-4-12(11-18)10-13-16-6-9-17(13)2/h6,9,12H,3-5,7-8,10-11H2,1-2H3,(H,15,19). The number of amides is 1. The Kier molecular flexibility index (Phi) is 4.96. The average molecular weight is 264 g/mol. The summed E-state index contributed by atoms with van der Waals surface area (Å²) in [4.78, 5) is 18.1. The zero-order valence-electron chi connectivity index (χ0n) is 11.9. The molecule has 1 saturated heterocycles. The summed E-state index contributed by atoms with van der Waals surface area (Å²) in [6.07, 6.45) is 8.00. The SMILES string of the molecule is CNC(=O)CCN1CCCC(Cc2nccn2C)C1. The largest absolute Gasteiger partial charge is 0.359 e. The van der Waals surface area contributed by atoms with Crippen molar-refractivity contribution in [2.24, 2.45) is 13.0 Å². The maximum absolute atomic E-state index is 11.3. The van der Waals surface area contributed by atoms with E-state index in [4.69, 9.17) is 0 Å². The molecular formula is C14H24N4O. The molecule has 5 nitrogen and oxygen atoms in total. The van der Waals surface area contributed by atoms with Crippen LogP contribution in [0.4, 0.5) is 0 Å². The number of nitrogens with zero attached hydrogens (tertiary/aromatic N) is 3. The summed E-state index contributed by atoms with van der Waals surface area (Å²) in [7, 11) is 3.75. The van der Waals surface area contributed by atoms with Gasteiger partial charge < -0.3 is 14.8 Å². The van der Waals surface area contributed by atoms with Gasteiger partial charge in [0.25, 0.3) is 0 Å². The summed E-state index contributed by atoms with van der Waals surface area (Å²) in [5.74, 6) is 1.96. The lowest BCUT2D eigenvalue weighted by Crippen LogP contribution is -2.38. The van der Waals surface area contributed by atoms with Crippen LogP contribution in [0, 0.1) is 5.92 Å². The number of hydrogen-bond acceptors (Lipinski definition) is 3. The van der Waals surface area contributed by atoms with Gasteiger partial charge in [-0.15, -0.1) is 0 Å². The van der Waals surface area contributed by atoms with E-state index in [9.17, 15) is 4.79 Å². The molecule has 1 N–H and O–H groups in total. The Bertz CT molecular complexity index is 415. The van der Waals surface area contributed by atoms with Crippen LogP contribution in [-0.2, 0) is 18.3 Å². The lowest BCUT2D eigenvalue weighted by Gasteiger charge is -2.32. The molecule has 106 valence electrons. The molecule has 0 saturated carbocycles. The van der Waals surface area contributed by atoms with Crippen molar-refractivity contribution >= 4 is 5.91 Å². The molecule has 0 bridgehead atoms. The molecule has 1 fully saturated rings. The third kappa shape index (κ3) is 4.06. The zero-order chi connectivity index (χ0) is 13.7. The monoisotopic (exact) mass is 264 g/mol. The van der Waals surface area contributed by atoms with Gasteiger partial charge in [-0.25, -0.2) is 4.98 Å². The summed E-state index contributed by atoms with van der Waals surface area (Å²) >= 11 is 0. The number of aromatic nitrogens is 2. The van der Waals surface area contributed by atoms with Gasteiger partial charge in [0.2, 0.25) is 5.91 Å². The van der Waals surface area contributed by atoms with Gasteiger partial charge in [0.1, 0.15) is 5.82 Å². The van der Waals surface area contributed by atoms with Crippen molar-refractivity contribution in [3.05, 3.63) is 18.2 Å². The van der Waals surface area contributed by atoms with Crippen molar-refractivity contribution in [1.82, 2.24) is 19.8 Å².